The molecule has 1 fully saturated rings. The van der Waals surface area contributed by atoms with Crippen LogP contribution in [0.5, 0.6) is 0 Å². The molecule has 0 atom stereocenters. The minimum absolute atomic E-state index is 0.0664. The van der Waals surface area contributed by atoms with E-state index in [0.717, 1.165) is 27.9 Å². The molecule has 5 aromatic rings. The normalized spacial score (nSPS) is 15.1. The second-order valence-corrected chi connectivity index (χ2v) is 11.3. The summed E-state index contributed by atoms with van der Waals surface area (Å²) in [6.07, 6.45) is 3.14. The van der Waals surface area contributed by atoms with Gasteiger partial charge in [-0.15, -0.1) is 0 Å². The van der Waals surface area contributed by atoms with Gasteiger partial charge in [0.25, 0.3) is 5.56 Å². The number of carbonyl (C=O) groups excluding carboxylic acids is 1. The van der Waals surface area contributed by atoms with E-state index in [-0.39, 0.29) is 24.2 Å². The molecule has 1 aliphatic heterocycles. The summed E-state index contributed by atoms with van der Waals surface area (Å²) < 4.78 is 12.8. The van der Waals surface area contributed by atoms with Gasteiger partial charge < -0.3 is 20.1 Å². The highest BCUT2D eigenvalue weighted by Crippen LogP contribution is 2.30. The Morgan fingerprint density at radius 1 is 1.12 bits per heavy atom. The number of rotatable bonds is 8. The first kappa shape index (κ1) is 28.6. The Morgan fingerprint density at radius 3 is 2.53 bits per heavy atom. The van der Waals surface area contributed by atoms with Gasteiger partial charge in [0.2, 0.25) is 0 Å². The number of nitrogens with zero attached hydrogens (tertiary/aromatic N) is 6. The maximum absolute atomic E-state index is 13.4. The maximum Gasteiger partial charge on any atom is 0.404 e. The van der Waals surface area contributed by atoms with Gasteiger partial charge in [-0.25, -0.2) is 9.78 Å². The van der Waals surface area contributed by atoms with Crippen molar-refractivity contribution in [3.05, 3.63) is 87.6 Å². The van der Waals surface area contributed by atoms with Gasteiger partial charge in [0.1, 0.15) is 24.1 Å². The number of primary amides is 1. The molecule has 3 N–H and O–H groups in total. The molecule has 0 radical (unpaired) electrons. The number of carbonyl (C=O) groups is 1. The molecule has 1 amide bonds. The number of aliphatic hydroxyl groups is 1. The SMILES string of the molecule is Cn1nc2c(=O)n(CC3(O)CCN(Cc4ccc(-c5ccon5)cc4Cl)CC3)cnc2c1-c1ccc(COC(N)=O)cc1. The zero-order valence-electron chi connectivity index (χ0n) is 23.4. The lowest BCUT2D eigenvalue weighted by Crippen LogP contribution is -2.47. The molecule has 222 valence electrons. The van der Waals surface area contributed by atoms with Gasteiger partial charge in [-0.3, -0.25) is 18.9 Å². The van der Waals surface area contributed by atoms with Crippen molar-refractivity contribution in [1.82, 2.24) is 29.4 Å². The second-order valence-electron chi connectivity index (χ2n) is 10.8. The van der Waals surface area contributed by atoms with Crippen LogP contribution in [0, 0.1) is 0 Å². The lowest BCUT2D eigenvalue weighted by molar-refractivity contribution is -0.0364. The van der Waals surface area contributed by atoms with Crippen molar-refractivity contribution >= 4 is 28.7 Å². The first-order valence-corrected chi connectivity index (χ1v) is 14.1. The fourth-order valence-corrected chi connectivity index (χ4v) is 5.72. The van der Waals surface area contributed by atoms with Gasteiger partial charge in [-0.1, -0.05) is 53.2 Å². The Labute approximate surface area is 251 Å². The molecule has 2 aromatic carbocycles. The van der Waals surface area contributed by atoms with Gasteiger partial charge in [0.05, 0.1) is 24.2 Å². The van der Waals surface area contributed by atoms with Crippen molar-refractivity contribution in [1.29, 1.82) is 0 Å². The third-order valence-corrected chi connectivity index (χ3v) is 8.20. The summed E-state index contributed by atoms with van der Waals surface area (Å²) in [7, 11) is 1.75. The fourth-order valence-electron chi connectivity index (χ4n) is 5.48. The minimum Gasteiger partial charge on any atom is -0.445 e. The summed E-state index contributed by atoms with van der Waals surface area (Å²) in [6, 6.07) is 14.9. The summed E-state index contributed by atoms with van der Waals surface area (Å²) >= 11 is 6.57. The quantitative estimate of drug-likeness (QED) is 0.270. The van der Waals surface area contributed by atoms with Crippen LogP contribution >= 0.6 is 11.6 Å². The van der Waals surface area contributed by atoms with Crippen molar-refractivity contribution < 1.29 is 19.2 Å². The summed E-state index contributed by atoms with van der Waals surface area (Å²) in [5.74, 6) is 0. The van der Waals surface area contributed by atoms with Gasteiger partial charge >= 0.3 is 6.09 Å². The number of halogens is 1. The van der Waals surface area contributed by atoms with E-state index >= 15 is 0 Å². The number of benzene rings is 2. The van der Waals surface area contributed by atoms with E-state index in [1.165, 1.54) is 17.2 Å². The predicted molar refractivity (Wildman–Crippen MR) is 159 cm³/mol. The first-order chi connectivity index (χ1) is 20.7. The number of nitrogens with two attached hydrogens (primary N) is 1. The largest absolute Gasteiger partial charge is 0.445 e. The molecule has 4 heterocycles. The highest BCUT2D eigenvalue weighted by atomic mass is 35.5. The van der Waals surface area contributed by atoms with E-state index < -0.39 is 11.7 Å². The number of ether oxygens (including phenoxy) is 1. The molecule has 3 aromatic heterocycles. The van der Waals surface area contributed by atoms with Gasteiger partial charge in [0.15, 0.2) is 5.52 Å². The Balaban J connectivity index is 1.13. The van der Waals surface area contributed by atoms with Crippen LogP contribution in [0.25, 0.3) is 33.5 Å². The standard InChI is InChI=1S/C30H30ClN7O5/c1-36-27(20-4-2-19(3-5-20)16-42-29(32)40)25-26(34-36)28(39)38(18-33-25)17-30(41)9-11-37(12-10-30)15-22-7-6-21(14-23(22)31)24-8-13-43-35-24/h2-8,13-14,18,41H,9-12,15-17H2,1H3,(H2,32,40). The van der Waals surface area contributed by atoms with Crippen LogP contribution in [-0.4, -0.2) is 59.3 Å². The van der Waals surface area contributed by atoms with Crippen molar-refractivity contribution in [2.75, 3.05) is 13.1 Å². The number of hydrogen-bond acceptors (Lipinski definition) is 9. The molecule has 0 bridgehead atoms. The molecular formula is C30H30ClN7O5. The van der Waals surface area contributed by atoms with E-state index in [1.807, 2.05) is 42.5 Å². The van der Waals surface area contributed by atoms with Crippen LogP contribution in [0.3, 0.4) is 0 Å². The van der Waals surface area contributed by atoms with Crippen LogP contribution in [0.4, 0.5) is 4.79 Å². The Morgan fingerprint density at radius 2 is 1.86 bits per heavy atom. The summed E-state index contributed by atoms with van der Waals surface area (Å²) in [5.41, 5.74) is 9.23. The number of hydrogen-bond donors (Lipinski definition) is 2. The van der Waals surface area contributed by atoms with Crippen LogP contribution in [0.2, 0.25) is 5.02 Å². The Hall–Kier alpha value is -4.52. The average molecular weight is 604 g/mol. The van der Waals surface area contributed by atoms with E-state index in [0.29, 0.717) is 48.7 Å². The smallest absolute Gasteiger partial charge is 0.404 e. The summed E-state index contributed by atoms with van der Waals surface area (Å²) in [4.78, 5) is 31.1. The maximum atomic E-state index is 13.4. The molecule has 6 rings (SSSR count). The third-order valence-electron chi connectivity index (χ3n) is 7.85. The van der Waals surface area contributed by atoms with Gasteiger partial charge in [0, 0.05) is 48.9 Å². The minimum atomic E-state index is -1.06. The van der Waals surface area contributed by atoms with Crippen LogP contribution in [0.15, 0.2) is 70.4 Å². The number of amides is 1. The second kappa shape index (κ2) is 11.6. The highest BCUT2D eigenvalue weighted by Gasteiger charge is 2.33. The van der Waals surface area contributed by atoms with Crippen molar-refractivity contribution in [2.24, 2.45) is 12.8 Å². The summed E-state index contributed by atoms with van der Waals surface area (Å²) in [6.45, 7) is 2.14. The highest BCUT2D eigenvalue weighted by molar-refractivity contribution is 6.31. The van der Waals surface area contributed by atoms with E-state index in [1.54, 1.807) is 17.8 Å². The molecule has 13 heteroatoms. The molecule has 1 saturated heterocycles. The van der Waals surface area contributed by atoms with Crippen molar-refractivity contribution in [3.63, 3.8) is 0 Å². The lowest BCUT2D eigenvalue weighted by atomic mass is 9.91. The average Bonchev–Trinajstić information content (AvgIpc) is 3.65. The lowest BCUT2D eigenvalue weighted by Gasteiger charge is -2.38. The van der Waals surface area contributed by atoms with Crippen LogP contribution in [0.1, 0.15) is 24.0 Å². The first-order valence-electron chi connectivity index (χ1n) is 13.8. The zero-order valence-corrected chi connectivity index (χ0v) is 24.2. The van der Waals surface area contributed by atoms with E-state index in [2.05, 4.69) is 20.1 Å². The van der Waals surface area contributed by atoms with E-state index in [4.69, 9.17) is 26.6 Å². The van der Waals surface area contributed by atoms with Crippen molar-refractivity contribution in [3.8, 4) is 22.5 Å². The molecular weight excluding hydrogens is 574 g/mol. The number of aryl methyl sites for hydroxylation is 1. The third kappa shape index (κ3) is 6.03. The Bertz CT molecular complexity index is 1820. The fraction of sp³-hybridized carbons (Fsp3) is 0.300. The van der Waals surface area contributed by atoms with Gasteiger partial charge in [-0.2, -0.15) is 5.10 Å². The molecule has 12 nitrogen and oxygen atoms in total. The summed E-state index contributed by atoms with van der Waals surface area (Å²) in [5, 5.41) is 20.5. The molecule has 0 spiro atoms. The number of likely N-dealkylation sites (tertiary alicyclic amines) is 1. The number of aromatic nitrogens is 5. The molecule has 43 heavy (non-hydrogen) atoms. The van der Waals surface area contributed by atoms with E-state index in [9.17, 15) is 14.7 Å². The van der Waals surface area contributed by atoms with Crippen LogP contribution < -0.4 is 11.3 Å². The van der Waals surface area contributed by atoms with Crippen LogP contribution in [-0.2, 0) is 31.5 Å². The Kier molecular flexibility index (Phi) is 7.74. The number of piperidine rings is 1. The molecule has 0 unspecified atom stereocenters. The zero-order chi connectivity index (χ0) is 30.1. The van der Waals surface area contributed by atoms with Crippen molar-refractivity contribution in [2.45, 2.75) is 38.1 Å². The predicted octanol–water partition coefficient (Wildman–Crippen LogP) is 3.73. The van der Waals surface area contributed by atoms with Gasteiger partial charge in [-0.05, 0) is 30.0 Å². The topological polar surface area (TPSA) is 155 Å². The number of fused-ring (bicyclic) bond motifs is 1. The molecule has 1 aliphatic rings. The monoisotopic (exact) mass is 603 g/mol. The molecule has 0 saturated carbocycles. The molecule has 0 aliphatic carbocycles.